The molecule has 1 aliphatic heterocycles. The second-order valence-corrected chi connectivity index (χ2v) is 9.24. The van der Waals surface area contributed by atoms with Crippen molar-refractivity contribution in [2.24, 2.45) is 13.0 Å². The first kappa shape index (κ1) is 24.2. The molecule has 2 aromatic heterocycles. The number of nitrogens with one attached hydrogen (secondary N) is 2. The van der Waals surface area contributed by atoms with E-state index in [1.807, 2.05) is 48.0 Å². The summed E-state index contributed by atoms with van der Waals surface area (Å²) in [5.41, 5.74) is 12.3. The minimum atomic E-state index is -0.230. The van der Waals surface area contributed by atoms with E-state index in [9.17, 15) is 9.59 Å². The van der Waals surface area contributed by atoms with E-state index in [1.54, 1.807) is 19.1 Å². The van der Waals surface area contributed by atoms with Crippen LogP contribution in [-0.2, 0) is 16.6 Å². The molecule has 0 atom stereocenters. The highest BCUT2D eigenvalue weighted by atomic mass is 16.5. The lowest BCUT2D eigenvalue weighted by Crippen LogP contribution is -2.39. The largest absolute Gasteiger partial charge is 0.383 e. The molecule has 3 heterocycles. The van der Waals surface area contributed by atoms with Crippen LogP contribution in [0.15, 0.2) is 67.0 Å². The first-order valence-electron chi connectivity index (χ1n) is 12.0. The second-order valence-electron chi connectivity index (χ2n) is 9.24. The molecule has 1 aliphatic rings. The van der Waals surface area contributed by atoms with Gasteiger partial charge in [-0.2, -0.15) is 0 Å². The van der Waals surface area contributed by atoms with Gasteiger partial charge in [-0.25, -0.2) is 9.97 Å². The molecule has 0 bridgehead atoms. The Morgan fingerprint density at radius 1 is 1.08 bits per heavy atom. The van der Waals surface area contributed by atoms with Crippen LogP contribution in [0.25, 0.3) is 33.4 Å². The van der Waals surface area contributed by atoms with Crippen LogP contribution >= 0.6 is 0 Å². The fraction of sp³-hybridized carbons (Fsp3) is 0.214. The van der Waals surface area contributed by atoms with Gasteiger partial charge in [0.1, 0.15) is 17.8 Å². The molecular weight excluding hydrogens is 468 g/mol. The summed E-state index contributed by atoms with van der Waals surface area (Å²) >= 11 is 0. The number of aryl methyl sites for hydroxylation is 1. The summed E-state index contributed by atoms with van der Waals surface area (Å²) in [5, 5.41) is 6.53. The molecule has 0 radical (unpaired) electrons. The minimum absolute atomic E-state index is 0.119. The molecule has 2 amide bonds. The van der Waals surface area contributed by atoms with Crippen molar-refractivity contribution in [2.75, 3.05) is 30.8 Å². The Morgan fingerprint density at radius 2 is 1.76 bits per heavy atom. The molecule has 0 unspecified atom stereocenters. The number of carbonyl (C=O) groups is 2. The molecule has 0 saturated carbocycles. The maximum atomic E-state index is 12.6. The van der Waals surface area contributed by atoms with Crippen LogP contribution in [0, 0.1) is 5.92 Å². The van der Waals surface area contributed by atoms with Gasteiger partial charge in [-0.3, -0.25) is 9.59 Å². The van der Waals surface area contributed by atoms with Crippen LogP contribution in [0.2, 0.25) is 0 Å². The summed E-state index contributed by atoms with van der Waals surface area (Å²) in [6.45, 7) is 7.32. The van der Waals surface area contributed by atoms with Crippen LogP contribution in [0.5, 0.6) is 0 Å². The van der Waals surface area contributed by atoms with E-state index < -0.39 is 0 Å². The number of fused-ring (bicyclic) bond motifs is 1. The Balaban J connectivity index is 1.52. The fourth-order valence-corrected chi connectivity index (χ4v) is 4.37. The number of hydrogen-bond donors (Lipinski definition) is 3. The predicted octanol–water partition coefficient (Wildman–Crippen LogP) is 3.78. The highest BCUT2D eigenvalue weighted by Crippen LogP contribution is 2.41. The molecular formula is C28H28N6O3. The van der Waals surface area contributed by atoms with E-state index >= 15 is 0 Å². The lowest BCUT2D eigenvalue weighted by Gasteiger charge is -2.25. The fourth-order valence-electron chi connectivity index (χ4n) is 4.37. The third-order valence-electron chi connectivity index (χ3n) is 6.49. The zero-order chi connectivity index (χ0) is 26.1. The van der Waals surface area contributed by atoms with Crippen molar-refractivity contribution in [2.45, 2.75) is 6.92 Å². The van der Waals surface area contributed by atoms with Crippen molar-refractivity contribution in [3.63, 3.8) is 0 Å². The topological polar surface area (TPSA) is 124 Å². The van der Waals surface area contributed by atoms with E-state index in [4.69, 9.17) is 10.5 Å². The lowest BCUT2D eigenvalue weighted by molar-refractivity contribution is -0.112. The molecule has 1 saturated heterocycles. The third kappa shape index (κ3) is 4.68. The number of hydrogen-bond acceptors (Lipinski definition) is 6. The number of carbonyl (C=O) groups excluding carboxylic acids is 2. The zero-order valence-electron chi connectivity index (χ0n) is 20.7. The van der Waals surface area contributed by atoms with Gasteiger partial charge in [0.05, 0.1) is 24.3 Å². The highest BCUT2D eigenvalue weighted by Gasteiger charge is 2.23. The van der Waals surface area contributed by atoms with Crippen molar-refractivity contribution >= 4 is 34.4 Å². The van der Waals surface area contributed by atoms with Gasteiger partial charge in [-0.1, -0.05) is 30.8 Å². The molecule has 5 rings (SSSR count). The number of aromatic nitrogens is 3. The lowest BCUT2D eigenvalue weighted by atomic mass is 9.97. The third-order valence-corrected chi connectivity index (χ3v) is 6.49. The van der Waals surface area contributed by atoms with Crippen LogP contribution in [0.1, 0.15) is 17.3 Å². The predicted molar refractivity (Wildman–Crippen MR) is 144 cm³/mol. The molecule has 4 N–H and O–H groups in total. The molecule has 9 nitrogen and oxygen atoms in total. The van der Waals surface area contributed by atoms with Crippen LogP contribution in [-0.4, -0.2) is 46.1 Å². The molecule has 188 valence electrons. The summed E-state index contributed by atoms with van der Waals surface area (Å²) in [6, 6.07) is 15.0. The average molecular weight is 497 g/mol. The highest BCUT2D eigenvalue weighted by molar-refractivity contribution is 6.08. The van der Waals surface area contributed by atoms with Crippen LogP contribution < -0.4 is 16.4 Å². The monoisotopic (exact) mass is 496 g/mol. The number of amides is 2. The Hall–Kier alpha value is -4.50. The summed E-state index contributed by atoms with van der Waals surface area (Å²) in [7, 11) is 1.93. The molecule has 2 aromatic carbocycles. The van der Waals surface area contributed by atoms with Gasteiger partial charge in [0.15, 0.2) is 0 Å². The number of nitrogens with zero attached hydrogens (tertiary/aromatic N) is 3. The summed E-state index contributed by atoms with van der Waals surface area (Å²) in [6.07, 6.45) is 1.45. The van der Waals surface area contributed by atoms with E-state index in [-0.39, 0.29) is 11.8 Å². The minimum Gasteiger partial charge on any atom is -0.383 e. The SMILES string of the molecule is C=C(C)C(=O)Nc1ccc(-c2c(-c3ccc(C(=O)NCC4COC4)cc3)c3c(N)ncnc3n2C)cc1. The van der Waals surface area contributed by atoms with Gasteiger partial charge < -0.3 is 25.7 Å². The maximum absolute atomic E-state index is 12.6. The molecule has 0 spiro atoms. The number of benzene rings is 2. The summed E-state index contributed by atoms with van der Waals surface area (Å²) < 4.78 is 7.15. The normalized spacial score (nSPS) is 13.2. The Kier molecular flexibility index (Phi) is 6.45. The standard InChI is InChI=1S/C28H28N6O3/c1-16(2)27(35)33-21-10-8-19(9-11-21)24-22(23-25(29)31-15-32-26(23)34(24)3)18-4-6-20(7-5-18)28(36)30-12-17-13-37-14-17/h4-11,15,17H,1,12-14H2,2-3H3,(H,30,36)(H,33,35)(H2,29,31,32). The van der Waals surface area contributed by atoms with E-state index in [2.05, 4.69) is 27.2 Å². The second kappa shape index (κ2) is 9.87. The quantitative estimate of drug-likeness (QED) is 0.335. The van der Waals surface area contributed by atoms with Gasteiger partial charge in [-0.15, -0.1) is 0 Å². The molecule has 37 heavy (non-hydrogen) atoms. The van der Waals surface area contributed by atoms with E-state index in [1.165, 1.54) is 6.33 Å². The number of rotatable bonds is 7. The average Bonchev–Trinajstić information content (AvgIpc) is 3.17. The van der Waals surface area contributed by atoms with Crippen molar-refractivity contribution in [3.05, 3.63) is 72.6 Å². The Bertz CT molecular complexity index is 1500. The van der Waals surface area contributed by atoms with E-state index in [0.29, 0.717) is 54.0 Å². The Morgan fingerprint density at radius 3 is 2.38 bits per heavy atom. The van der Waals surface area contributed by atoms with Crippen LogP contribution in [0.3, 0.4) is 0 Å². The van der Waals surface area contributed by atoms with Gasteiger partial charge in [0, 0.05) is 41.9 Å². The van der Waals surface area contributed by atoms with Gasteiger partial charge >= 0.3 is 0 Å². The molecule has 9 heteroatoms. The van der Waals surface area contributed by atoms with Gasteiger partial charge in [-0.05, 0) is 42.3 Å². The number of anilines is 2. The molecule has 0 aliphatic carbocycles. The van der Waals surface area contributed by atoms with Crippen molar-refractivity contribution < 1.29 is 14.3 Å². The van der Waals surface area contributed by atoms with E-state index in [0.717, 1.165) is 27.8 Å². The van der Waals surface area contributed by atoms with Crippen molar-refractivity contribution in [1.29, 1.82) is 0 Å². The number of nitrogen functional groups attached to an aromatic ring is 1. The maximum Gasteiger partial charge on any atom is 0.251 e. The Labute approximate surface area is 214 Å². The molecule has 1 fully saturated rings. The number of nitrogens with two attached hydrogens (primary N) is 1. The number of ether oxygens (including phenoxy) is 1. The van der Waals surface area contributed by atoms with Crippen LogP contribution in [0.4, 0.5) is 11.5 Å². The smallest absolute Gasteiger partial charge is 0.251 e. The molecule has 4 aromatic rings. The first-order chi connectivity index (χ1) is 17.8. The van der Waals surface area contributed by atoms with Gasteiger partial charge in [0.25, 0.3) is 11.8 Å². The first-order valence-corrected chi connectivity index (χ1v) is 12.0. The van der Waals surface area contributed by atoms with Crippen molar-refractivity contribution in [1.82, 2.24) is 19.9 Å². The summed E-state index contributed by atoms with van der Waals surface area (Å²) in [5.74, 6) is 0.403. The zero-order valence-corrected chi connectivity index (χ0v) is 20.7. The van der Waals surface area contributed by atoms with Gasteiger partial charge in [0.2, 0.25) is 0 Å². The van der Waals surface area contributed by atoms with Crippen molar-refractivity contribution in [3.8, 4) is 22.4 Å². The summed E-state index contributed by atoms with van der Waals surface area (Å²) in [4.78, 5) is 33.3.